The monoisotopic (exact) mass is 392 g/mol. The van der Waals surface area contributed by atoms with E-state index in [-0.39, 0.29) is 17.5 Å². The van der Waals surface area contributed by atoms with Crippen molar-refractivity contribution in [2.75, 3.05) is 11.9 Å². The fourth-order valence-corrected chi connectivity index (χ4v) is 3.34. The van der Waals surface area contributed by atoms with Crippen molar-refractivity contribution in [1.82, 2.24) is 14.9 Å². The predicted molar refractivity (Wildman–Crippen MR) is 105 cm³/mol. The van der Waals surface area contributed by atoms with Crippen molar-refractivity contribution >= 4 is 17.5 Å². The lowest BCUT2D eigenvalue weighted by molar-refractivity contribution is -0.119. The van der Waals surface area contributed by atoms with Gasteiger partial charge in [0, 0.05) is 12.7 Å². The number of nitrogens with one attached hydrogen (secondary N) is 1. The third-order valence-electron chi connectivity index (χ3n) is 4.77. The van der Waals surface area contributed by atoms with Gasteiger partial charge in [-0.1, -0.05) is 12.1 Å². The van der Waals surface area contributed by atoms with Crippen LogP contribution in [-0.2, 0) is 4.79 Å². The largest absolute Gasteiger partial charge is 0.454 e. The van der Waals surface area contributed by atoms with Crippen molar-refractivity contribution in [2.45, 2.75) is 25.8 Å². The van der Waals surface area contributed by atoms with Gasteiger partial charge in [0.25, 0.3) is 5.91 Å². The van der Waals surface area contributed by atoms with Crippen LogP contribution in [0.15, 0.2) is 59.6 Å². The summed E-state index contributed by atoms with van der Waals surface area (Å²) in [6, 6.07) is 10.1. The van der Waals surface area contributed by atoms with Crippen LogP contribution in [0.3, 0.4) is 0 Å². The summed E-state index contributed by atoms with van der Waals surface area (Å²) >= 11 is 0. The van der Waals surface area contributed by atoms with E-state index in [1.165, 1.54) is 6.39 Å². The van der Waals surface area contributed by atoms with Crippen molar-refractivity contribution in [3.05, 3.63) is 66.6 Å². The summed E-state index contributed by atoms with van der Waals surface area (Å²) in [7, 11) is 0. The van der Waals surface area contributed by atoms with Crippen LogP contribution in [0.5, 0.6) is 11.5 Å². The number of oxazole rings is 1. The number of ether oxygens (including phenoxy) is 1. The molecule has 1 atom stereocenters. The van der Waals surface area contributed by atoms with E-state index >= 15 is 0 Å². The van der Waals surface area contributed by atoms with Crippen LogP contribution >= 0.6 is 0 Å². The smallest absolute Gasteiger partial charge is 0.276 e. The minimum atomic E-state index is -0.579. The number of carbonyl (C=O) groups is 2. The molecule has 4 rings (SSSR count). The molecule has 8 nitrogen and oxygen atoms in total. The van der Waals surface area contributed by atoms with Crippen LogP contribution in [0, 0.1) is 6.92 Å². The van der Waals surface area contributed by atoms with Crippen molar-refractivity contribution in [3.63, 3.8) is 0 Å². The Balaban J connectivity index is 1.51. The molecule has 1 N–H and O–H groups in total. The van der Waals surface area contributed by atoms with Gasteiger partial charge in [0.1, 0.15) is 17.6 Å². The molecule has 1 aliphatic heterocycles. The molecule has 0 radical (unpaired) electrons. The molecule has 29 heavy (non-hydrogen) atoms. The number of hydrogen-bond acceptors (Lipinski definition) is 6. The molecule has 2 aromatic heterocycles. The molecule has 1 aromatic carbocycles. The maximum absolute atomic E-state index is 13.0. The standard InChI is InChI=1S/C21H20N4O4/c1-14-19(23-13-28-14)21(27)25-11-5-8-17(25)20(26)24-16-7-2-3-9-18(16)29-15-6-4-10-22-12-15/h2-4,6-7,9-10,12-13,17H,5,8,11H2,1H3,(H,24,26)/t17-/m0/s1. The Morgan fingerprint density at radius 1 is 1.24 bits per heavy atom. The number of rotatable bonds is 5. The maximum Gasteiger partial charge on any atom is 0.276 e. The second-order valence-corrected chi connectivity index (χ2v) is 6.69. The SMILES string of the molecule is Cc1ocnc1C(=O)N1CCC[C@H]1C(=O)Nc1ccccc1Oc1cccnc1. The molecule has 0 unspecified atom stereocenters. The highest BCUT2D eigenvalue weighted by molar-refractivity contribution is 6.01. The highest BCUT2D eigenvalue weighted by Gasteiger charge is 2.36. The van der Waals surface area contributed by atoms with Crippen molar-refractivity contribution < 1.29 is 18.7 Å². The van der Waals surface area contributed by atoms with Crippen molar-refractivity contribution in [1.29, 1.82) is 0 Å². The number of nitrogens with zero attached hydrogens (tertiary/aromatic N) is 3. The molecule has 0 bridgehead atoms. The number of aromatic nitrogens is 2. The number of likely N-dealkylation sites (tertiary alicyclic amines) is 1. The quantitative estimate of drug-likeness (QED) is 0.715. The van der Waals surface area contributed by atoms with E-state index in [2.05, 4.69) is 15.3 Å². The Labute approximate surface area is 167 Å². The zero-order chi connectivity index (χ0) is 20.2. The van der Waals surface area contributed by atoms with Crippen molar-refractivity contribution in [2.24, 2.45) is 0 Å². The summed E-state index contributed by atoms with van der Waals surface area (Å²) < 4.78 is 11.0. The first-order valence-electron chi connectivity index (χ1n) is 9.32. The molecular weight excluding hydrogens is 372 g/mol. The second-order valence-electron chi connectivity index (χ2n) is 6.69. The van der Waals surface area contributed by atoms with Crippen LogP contribution < -0.4 is 10.1 Å². The van der Waals surface area contributed by atoms with Crippen LogP contribution in [-0.4, -0.2) is 39.3 Å². The normalized spacial score (nSPS) is 15.9. The highest BCUT2D eigenvalue weighted by atomic mass is 16.5. The summed E-state index contributed by atoms with van der Waals surface area (Å²) in [4.78, 5) is 35.3. The molecule has 0 saturated carbocycles. The Morgan fingerprint density at radius 3 is 2.86 bits per heavy atom. The van der Waals surface area contributed by atoms with E-state index in [4.69, 9.17) is 9.15 Å². The first-order chi connectivity index (χ1) is 14.1. The Morgan fingerprint density at radius 2 is 2.10 bits per heavy atom. The molecule has 3 aromatic rings. The number of pyridine rings is 1. The average molecular weight is 392 g/mol. The van der Waals surface area contributed by atoms with Gasteiger partial charge in [0.15, 0.2) is 17.8 Å². The third-order valence-corrected chi connectivity index (χ3v) is 4.77. The molecule has 8 heteroatoms. The topological polar surface area (TPSA) is 97.6 Å². The molecule has 2 amide bonds. The van der Waals surface area contributed by atoms with Gasteiger partial charge in [0.2, 0.25) is 5.91 Å². The summed E-state index contributed by atoms with van der Waals surface area (Å²) in [6.07, 6.45) is 5.81. The average Bonchev–Trinajstić information content (AvgIpc) is 3.39. The van der Waals surface area contributed by atoms with Gasteiger partial charge in [0.05, 0.1) is 11.9 Å². The van der Waals surface area contributed by atoms with Gasteiger partial charge >= 0.3 is 0 Å². The van der Waals surface area contributed by atoms with E-state index in [1.807, 2.05) is 12.1 Å². The lowest BCUT2D eigenvalue weighted by atomic mass is 10.2. The molecule has 1 fully saturated rings. The summed E-state index contributed by atoms with van der Waals surface area (Å²) in [5, 5.41) is 2.90. The minimum absolute atomic E-state index is 0.241. The van der Waals surface area contributed by atoms with Crippen molar-refractivity contribution in [3.8, 4) is 11.5 Å². The van der Waals surface area contributed by atoms with E-state index in [1.54, 1.807) is 48.5 Å². The number of anilines is 1. The lowest BCUT2D eigenvalue weighted by Crippen LogP contribution is -2.43. The van der Waals surface area contributed by atoms with Gasteiger partial charge < -0.3 is 19.4 Å². The van der Waals surface area contributed by atoms with Crippen LogP contribution in [0.2, 0.25) is 0 Å². The van der Waals surface area contributed by atoms with Crippen LogP contribution in [0.25, 0.3) is 0 Å². The number of para-hydroxylation sites is 2. The molecule has 3 heterocycles. The van der Waals surface area contributed by atoms with E-state index in [0.29, 0.717) is 35.9 Å². The predicted octanol–water partition coefficient (Wildman–Crippen LogP) is 3.41. The first-order valence-corrected chi connectivity index (χ1v) is 9.32. The molecule has 0 aliphatic carbocycles. The molecule has 1 aliphatic rings. The van der Waals surface area contributed by atoms with Gasteiger partial charge in [-0.05, 0) is 44.0 Å². The van der Waals surface area contributed by atoms with Gasteiger partial charge in [-0.25, -0.2) is 4.98 Å². The Hall–Kier alpha value is -3.68. The number of carbonyl (C=O) groups excluding carboxylic acids is 2. The number of benzene rings is 1. The Bertz CT molecular complexity index is 1020. The molecular formula is C21H20N4O4. The number of hydrogen-bond donors (Lipinski definition) is 1. The van der Waals surface area contributed by atoms with E-state index in [9.17, 15) is 9.59 Å². The third kappa shape index (κ3) is 3.96. The Kier molecular flexibility index (Phi) is 5.24. The van der Waals surface area contributed by atoms with E-state index in [0.717, 1.165) is 6.42 Å². The highest BCUT2D eigenvalue weighted by Crippen LogP contribution is 2.30. The lowest BCUT2D eigenvalue weighted by Gasteiger charge is -2.23. The summed E-state index contributed by atoms with van der Waals surface area (Å²) in [5.74, 6) is 0.940. The van der Waals surface area contributed by atoms with Gasteiger partial charge in [-0.2, -0.15) is 0 Å². The van der Waals surface area contributed by atoms with E-state index < -0.39 is 6.04 Å². The maximum atomic E-state index is 13.0. The first kappa shape index (κ1) is 18.7. The summed E-state index contributed by atoms with van der Waals surface area (Å²) in [6.45, 7) is 2.18. The summed E-state index contributed by atoms with van der Waals surface area (Å²) in [5.41, 5.74) is 0.767. The second kappa shape index (κ2) is 8.14. The van der Waals surface area contributed by atoms with Gasteiger partial charge in [-0.15, -0.1) is 0 Å². The minimum Gasteiger partial charge on any atom is -0.454 e. The molecule has 1 saturated heterocycles. The van der Waals surface area contributed by atoms with Gasteiger partial charge in [-0.3, -0.25) is 14.6 Å². The molecule has 148 valence electrons. The van der Waals surface area contributed by atoms with Crippen LogP contribution in [0.4, 0.5) is 5.69 Å². The molecule has 0 spiro atoms. The van der Waals surface area contributed by atoms with Crippen LogP contribution in [0.1, 0.15) is 29.1 Å². The fraction of sp³-hybridized carbons (Fsp3) is 0.238. The number of aryl methyl sites for hydroxylation is 1. The zero-order valence-electron chi connectivity index (χ0n) is 15.9. The zero-order valence-corrected chi connectivity index (χ0v) is 15.9. The number of amides is 2. The fourth-order valence-electron chi connectivity index (χ4n) is 3.34.